The molecule has 37 heavy (non-hydrogen) atoms. The lowest BCUT2D eigenvalue weighted by molar-refractivity contribution is 0.412. The van der Waals surface area contributed by atoms with Crippen LogP contribution in [0.25, 0.3) is 28.2 Å². The van der Waals surface area contributed by atoms with Gasteiger partial charge in [-0.25, -0.2) is 9.89 Å². The molecule has 0 saturated carbocycles. The number of hydrogen-bond acceptors (Lipinski definition) is 6. The predicted octanol–water partition coefficient (Wildman–Crippen LogP) is 5.04. The molecule has 0 bridgehead atoms. The number of para-hydroxylation sites is 1. The van der Waals surface area contributed by atoms with Crippen LogP contribution in [0.3, 0.4) is 0 Å². The van der Waals surface area contributed by atoms with Gasteiger partial charge >= 0.3 is 5.69 Å². The zero-order valence-corrected chi connectivity index (χ0v) is 22.1. The lowest BCUT2D eigenvalue weighted by atomic mass is 10.0. The summed E-state index contributed by atoms with van der Waals surface area (Å²) >= 11 is 3.59. The molecule has 9 nitrogen and oxygen atoms in total. The van der Waals surface area contributed by atoms with Gasteiger partial charge in [0.2, 0.25) is 0 Å². The molecule has 0 saturated heterocycles. The SMILES string of the molecule is CCCCc1cn(-c2c(Br)cccc2OC)c(=O)n1Cc1ccc(-c2ccccc2-c2nnn[nH]2)cn1. The van der Waals surface area contributed by atoms with Crippen molar-refractivity contribution >= 4 is 15.9 Å². The van der Waals surface area contributed by atoms with Crippen LogP contribution in [0.5, 0.6) is 5.75 Å². The Balaban J connectivity index is 1.50. The van der Waals surface area contributed by atoms with E-state index in [4.69, 9.17) is 9.72 Å². The monoisotopic (exact) mass is 559 g/mol. The van der Waals surface area contributed by atoms with Crippen molar-refractivity contribution in [1.82, 2.24) is 34.7 Å². The number of aryl methyl sites for hydroxylation is 1. The fraction of sp³-hybridized carbons (Fsp3) is 0.222. The van der Waals surface area contributed by atoms with Crippen molar-refractivity contribution in [2.45, 2.75) is 32.7 Å². The number of nitrogens with one attached hydrogen (secondary N) is 1. The highest BCUT2D eigenvalue weighted by Crippen LogP contribution is 2.31. The molecule has 0 aliphatic rings. The minimum atomic E-state index is -0.134. The maximum atomic E-state index is 13.6. The molecule has 188 valence electrons. The number of unbranched alkanes of at least 4 members (excludes halogenated alkanes) is 1. The number of hydrogen-bond donors (Lipinski definition) is 1. The van der Waals surface area contributed by atoms with Crippen molar-refractivity contribution in [2.24, 2.45) is 0 Å². The van der Waals surface area contributed by atoms with E-state index < -0.39 is 0 Å². The van der Waals surface area contributed by atoms with Crippen molar-refractivity contribution < 1.29 is 4.74 Å². The summed E-state index contributed by atoms with van der Waals surface area (Å²) < 4.78 is 9.79. The summed E-state index contributed by atoms with van der Waals surface area (Å²) in [5.41, 5.74) is 5.09. The molecule has 5 aromatic rings. The van der Waals surface area contributed by atoms with Crippen molar-refractivity contribution in [3.63, 3.8) is 0 Å². The molecule has 1 N–H and O–H groups in total. The number of benzene rings is 2. The van der Waals surface area contributed by atoms with Gasteiger partial charge < -0.3 is 4.74 Å². The van der Waals surface area contributed by atoms with Crippen molar-refractivity contribution in [3.05, 3.63) is 93.3 Å². The molecule has 0 atom stereocenters. The Kier molecular flexibility index (Phi) is 7.27. The molecule has 0 spiro atoms. The fourth-order valence-electron chi connectivity index (χ4n) is 4.36. The Morgan fingerprint density at radius 3 is 2.59 bits per heavy atom. The average Bonchev–Trinajstić information content (AvgIpc) is 3.57. The van der Waals surface area contributed by atoms with Gasteiger partial charge in [0.25, 0.3) is 0 Å². The zero-order chi connectivity index (χ0) is 25.8. The van der Waals surface area contributed by atoms with Gasteiger partial charge in [-0.1, -0.05) is 49.7 Å². The second kappa shape index (κ2) is 10.9. The number of pyridine rings is 1. The Morgan fingerprint density at radius 2 is 1.89 bits per heavy atom. The quantitative estimate of drug-likeness (QED) is 0.271. The Labute approximate surface area is 222 Å². The van der Waals surface area contributed by atoms with E-state index in [2.05, 4.69) is 43.5 Å². The normalized spacial score (nSPS) is 11.1. The van der Waals surface area contributed by atoms with Crippen LogP contribution >= 0.6 is 15.9 Å². The summed E-state index contributed by atoms with van der Waals surface area (Å²) in [4.78, 5) is 18.3. The van der Waals surface area contributed by atoms with Crippen LogP contribution in [0.1, 0.15) is 31.2 Å². The molecular formula is C27H26BrN7O2. The first kappa shape index (κ1) is 24.6. The first-order valence-electron chi connectivity index (χ1n) is 12.0. The maximum absolute atomic E-state index is 13.6. The summed E-state index contributed by atoms with van der Waals surface area (Å²) in [6, 6.07) is 17.5. The number of methoxy groups -OCH3 is 1. The number of tetrazole rings is 1. The Bertz CT molecular complexity index is 1560. The number of H-pyrrole nitrogens is 1. The first-order chi connectivity index (χ1) is 18.1. The van der Waals surface area contributed by atoms with E-state index >= 15 is 0 Å². The minimum absolute atomic E-state index is 0.134. The summed E-state index contributed by atoms with van der Waals surface area (Å²) in [6.07, 6.45) is 6.54. The van der Waals surface area contributed by atoms with Crippen LogP contribution in [-0.2, 0) is 13.0 Å². The summed E-state index contributed by atoms with van der Waals surface area (Å²) in [5, 5.41) is 14.2. The topological polar surface area (TPSA) is 104 Å². The molecule has 0 aliphatic carbocycles. The van der Waals surface area contributed by atoms with Gasteiger partial charge in [0.15, 0.2) is 5.82 Å². The van der Waals surface area contributed by atoms with Gasteiger partial charge in [0, 0.05) is 33.7 Å². The number of aromatic amines is 1. The van der Waals surface area contributed by atoms with Gasteiger partial charge in [0.1, 0.15) is 11.4 Å². The zero-order valence-electron chi connectivity index (χ0n) is 20.6. The molecule has 0 unspecified atom stereocenters. The van der Waals surface area contributed by atoms with Gasteiger partial charge in [-0.05, 0) is 63.0 Å². The predicted molar refractivity (Wildman–Crippen MR) is 145 cm³/mol. The minimum Gasteiger partial charge on any atom is -0.495 e. The van der Waals surface area contributed by atoms with Crippen LogP contribution in [-0.4, -0.2) is 41.9 Å². The maximum Gasteiger partial charge on any atom is 0.333 e. The smallest absolute Gasteiger partial charge is 0.333 e. The molecule has 3 aromatic heterocycles. The molecule has 0 aliphatic heterocycles. The first-order valence-corrected chi connectivity index (χ1v) is 12.8. The molecule has 0 amide bonds. The molecule has 0 radical (unpaired) electrons. The molecule has 2 aromatic carbocycles. The largest absolute Gasteiger partial charge is 0.495 e. The van der Waals surface area contributed by atoms with Crippen molar-refractivity contribution in [1.29, 1.82) is 0 Å². The number of ether oxygens (including phenoxy) is 1. The van der Waals surface area contributed by atoms with Crippen molar-refractivity contribution in [3.8, 4) is 34.0 Å². The molecule has 0 fully saturated rings. The highest BCUT2D eigenvalue weighted by molar-refractivity contribution is 9.10. The standard InChI is InChI=1S/C27H26BrN7O2/c1-3-4-8-20-17-35(25-23(28)11-7-12-24(25)37-2)27(36)34(20)16-19-14-13-18(15-29-19)21-9-5-6-10-22(21)26-30-32-33-31-26/h5-7,9-15,17H,3-4,8,16H2,1-2H3,(H,30,31,32,33). The molecular weight excluding hydrogens is 534 g/mol. The van der Waals surface area contributed by atoms with E-state index in [0.717, 1.165) is 51.8 Å². The highest BCUT2D eigenvalue weighted by Gasteiger charge is 2.18. The molecule has 5 rings (SSSR count). The van der Waals surface area contributed by atoms with E-state index in [-0.39, 0.29) is 5.69 Å². The fourth-order valence-corrected chi connectivity index (χ4v) is 4.90. The molecule has 10 heteroatoms. The third kappa shape index (κ3) is 4.97. The Hall–Kier alpha value is -4.05. The van der Waals surface area contributed by atoms with Gasteiger partial charge in [-0.3, -0.25) is 14.1 Å². The van der Waals surface area contributed by atoms with E-state index in [1.807, 2.05) is 67.0 Å². The number of nitrogens with zero attached hydrogens (tertiary/aromatic N) is 6. The van der Waals surface area contributed by atoms with Crippen LogP contribution in [0.4, 0.5) is 0 Å². The van der Waals surface area contributed by atoms with Gasteiger partial charge in [0.05, 0.1) is 19.3 Å². The summed E-state index contributed by atoms with van der Waals surface area (Å²) in [5.74, 6) is 1.22. The number of halogens is 1. The van der Waals surface area contributed by atoms with Gasteiger partial charge in [-0.2, -0.15) is 0 Å². The second-order valence-corrected chi connectivity index (χ2v) is 9.44. The summed E-state index contributed by atoms with van der Waals surface area (Å²) in [7, 11) is 1.60. The molecule has 3 heterocycles. The van der Waals surface area contributed by atoms with E-state index in [1.165, 1.54) is 0 Å². The average molecular weight is 560 g/mol. The number of aromatic nitrogens is 7. The van der Waals surface area contributed by atoms with Gasteiger partial charge in [-0.15, -0.1) is 5.10 Å². The van der Waals surface area contributed by atoms with Crippen LogP contribution < -0.4 is 10.4 Å². The van der Waals surface area contributed by atoms with Crippen LogP contribution in [0, 0.1) is 0 Å². The number of rotatable bonds is 9. The number of imidazole rings is 1. The van der Waals surface area contributed by atoms with E-state index in [0.29, 0.717) is 23.8 Å². The van der Waals surface area contributed by atoms with E-state index in [9.17, 15) is 4.79 Å². The second-order valence-electron chi connectivity index (χ2n) is 8.59. The third-order valence-electron chi connectivity index (χ3n) is 6.24. The van der Waals surface area contributed by atoms with Crippen LogP contribution in [0.2, 0.25) is 0 Å². The lowest BCUT2D eigenvalue weighted by Gasteiger charge is -2.10. The third-order valence-corrected chi connectivity index (χ3v) is 6.88. The summed E-state index contributed by atoms with van der Waals surface area (Å²) in [6.45, 7) is 2.51. The highest BCUT2D eigenvalue weighted by atomic mass is 79.9. The van der Waals surface area contributed by atoms with E-state index in [1.54, 1.807) is 16.2 Å². The van der Waals surface area contributed by atoms with Crippen LogP contribution in [0.15, 0.2) is 76.3 Å². The van der Waals surface area contributed by atoms with Crippen molar-refractivity contribution in [2.75, 3.05) is 7.11 Å². The Morgan fingerprint density at radius 1 is 1.05 bits per heavy atom. The lowest BCUT2D eigenvalue weighted by Crippen LogP contribution is -2.25.